The molecule has 0 spiro atoms. The van der Waals surface area contributed by atoms with E-state index < -0.39 is 16.4 Å². The van der Waals surface area contributed by atoms with Crippen LogP contribution in [-0.4, -0.2) is 22.0 Å². The van der Waals surface area contributed by atoms with Gasteiger partial charge < -0.3 is 10.1 Å². The van der Waals surface area contributed by atoms with Crippen LogP contribution in [0.4, 0.5) is 11.4 Å². The summed E-state index contributed by atoms with van der Waals surface area (Å²) >= 11 is 6.03. The molecule has 0 fully saturated rings. The zero-order valence-electron chi connectivity index (χ0n) is 12.7. The van der Waals surface area contributed by atoms with Crippen molar-refractivity contribution in [2.75, 3.05) is 11.9 Å². The molecule has 24 heavy (non-hydrogen) atoms. The van der Waals surface area contributed by atoms with Gasteiger partial charge in [0.2, 0.25) is 5.91 Å². The molecular weight excluding hydrogens is 338 g/mol. The van der Waals surface area contributed by atoms with E-state index >= 15 is 0 Å². The molecular formula is C15H14ClN3O5. The van der Waals surface area contributed by atoms with E-state index in [1.54, 1.807) is 25.1 Å². The molecule has 0 atom stereocenters. The third-order valence-electron chi connectivity index (χ3n) is 3.02. The number of rotatable bonds is 6. The van der Waals surface area contributed by atoms with Gasteiger partial charge in [-0.15, -0.1) is 0 Å². The van der Waals surface area contributed by atoms with Gasteiger partial charge in [0.05, 0.1) is 28.4 Å². The Bertz CT molecular complexity index is 834. The van der Waals surface area contributed by atoms with Crippen LogP contribution < -0.4 is 15.6 Å². The molecule has 0 saturated heterocycles. The molecule has 0 radical (unpaired) electrons. The number of anilines is 1. The second-order valence-electron chi connectivity index (χ2n) is 4.71. The highest BCUT2D eigenvalue weighted by Crippen LogP contribution is 2.32. The SMILES string of the molecule is CCOc1c(Cl)cccc1NC(=O)Cn1cc([N+](=O)[O-])ccc1=O. The van der Waals surface area contributed by atoms with Gasteiger partial charge in [0.25, 0.3) is 11.2 Å². The topological polar surface area (TPSA) is 103 Å². The average molecular weight is 352 g/mol. The van der Waals surface area contributed by atoms with Gasteiger partial charge in [-0.3, -0.25) is 24.3 Å². The summed E-state index contributed by atoms with van der Waals surface area (Å²) in [6, 6.07) is 6.98. The van der Waals surface area contributed by atoms with Crippen molar-refractivity contribution in [1.29, 1.82) is 0 Å². The maximum Gasteiger partial charge on any atom is 0.285 e. The Labute approximate surface area is 141 Å². The van der Waals surface area contributed by atoms with Gasteiger partial charge in [0, 0.05) is 12.1 Å². The van der Waals surface area contributed by atoms with Gasteiger partial charge in [0.1, 0.15) is 6.54 Å². The summed E-state index contributed by atoms with van der Waals surface area (Å²) < 4.78 is 6.35. The number of ether oxygens (including phenoxy) is 1. The molecule has 1 heterocycles. The third kappa shape index (κ3) is 4.11. The lowest BCUT2D eigenvalue weighted by molar-refractivity contribution is -0.385. The van der Waals surface area contributed by atoms with Crippen molar-refractivity contribution in [3.05, 3.63) is 62.0 Å². The van der Waals surface area contributed by atoms with Gasteiger partial charge in [-0.05, 0) is 19.1 Å². The van der Waals surface area contributed by atoms with Crippen LogP contribution in [0.25, 0.3) is 0 Å². The zero-order chi connectivity index (χ0) is 17.7. The number of carbonyl (C=O) groups excluding carboxylic acids is 1. The second kappa shape index (κ2) is 7.60. The van der Waals surface area contributed by atoms with Crippen LogP contribution in [0.2, 0.25) is 5.02 Å². The summed E-state index contributed by atoms with van der Waals surface area (Å²) in [5, 5.41) is 13.7. The quantitative estimate of drug-likeness (QED) is 0.636. The molecule has 9 heteroatoms. The molecule has 0 saturated carbocycles. The Kier molecular flexibility index (Phi) is 5.54. The van der Waals surface area contributed by atoms with Crippen LogP contribution in [0.15, 0.2) is 41.3 Å². The summed E-state index contributed by atoms with van der Waals surface area (Å²) in [5.41, 5.74) is -0.445. The van der Waals surface area contributed by atoms with E-state index in [9.17, 15) is 19.7 Å². The molecule has 2 rings (SSSR count). The maximum atomic E-state index is 12.1. The summed E-state index contributed by atoms with van der Waals surface area (Å²) in [6.07, 6.45) is 1.02. The molecule has 1 aromatic heterocycles. The third-order valence-corrected chi connectivity index (χ3v) is 3.32. The highest BCUT2D eigenvalue weighted by atomic mass is 35.5. The summed E-state index contributed by atoms with van der Waals surface area (Å²) in [5.74, 6) is -0.220. The number of nitrogens with zero attached hydrogens (tertiary/aromatic N) is 2. The standard InChI is InChI=1S/C15H14ClN3O5/c1-2-24-15-11(16)4-3-5-12(15)17-13(20)9-18-8-10(19(22)23)6-7-14(18)21/h3-8H,2,9H2,1H3,(H,17,20). The lowest BCUT2D eigenvalue weighted by atomic mass is 10.3. The number of para-hydroxylation sites is 1. The van der Waals surface area contributed by atoms with Gasteiger partial charge in [-0.1, -0.05) is 17.7 Å². The molecule has 0 aliphatic heterocycles. The van der Waals surface area contributed by atoms with Crippen molar-refractivity contribution in [3.8, 4) is 5.75 Å². The number of nitro groups is 1. The Balaban J connectivity index is 2.20. The molecule has 2 aromatic rings. The van der Waals surface area contributed by atoms with Crippen LogP contribution >= 0.6 is 11.6 Å². The molecule has 0 aliphatic rings. The molecule has 1 amide bonds. The number of aromatic nitrogens is 1. The first-order chi connectivity index (χ1) is 11.4. The second-order valence-corrected chi connectivity index (χ2v) is 5.12. The van der Waals surface area contributed by atoms with Gasteiger partial charge >= 0.3 is 0 Å². The van der Waals surface area contributed by atoms with Crippen LogP contribution in [0.3, 0.4) is 0 Å². The number of nitrogens with one attached hydrogen (secondary N) is 1. The monoisotopic (exact) mass is 351 g/mol. The minimum atomic E-state index is -0.641. The molecule has 1 aromatic carbocycles. The molecule has 0 bridgehead atoms. The van der Waals surface area contributed by atoms with Crippen LogP contribution in [0.5, 0.6) is 5.75 Å². The van der Waals surface area contributed by atoms with E-state index in [1.165, 1.54) is 0 Å². The zero-order valence-corrected chi connectivity index (χ0v) is 13.4. The number of benzene rings is 1. The van der Waals surface area contributed by atoms with Crippen molar-refractivity contribution in [2.24, 2.45) is 0 Å². The van der Waals surface area contributed by atoms with Gasteiger partial charge in [-0.2, -0.15) is 0 Å². The molecule has 8 nitrogen and oxygen atoms in total. The van der Waals surface area contributed by atoms with E-state index in [4.69, 9.17) is 16.3 Å². The first kappa shape index (κ1) is 17.5. The average Bonchev–Trinajstić information content (AvgIpc) is 2.52. The van der Waals surface area contributed by atoms with E-state index in [1.807, 2.05) is 0 Å². The predicted octanol–water partition coefficient (Wildman–Crippen LogP) is 2.45. The fourth-order valence-corrected chi connectivity index (χ4v) is 2.22. The Morgan fingerprint density at radius 1 is 1.38 bits per heavy atom. The highest BCUT2D eigenvalue weighted by Gasteiger charge is 2.14. The van der Waals surface area contributed by atoms with Gasteiger partial charge in [0.15, 0.2) is 5.75 Å². The van der Waals surface area contributed by atoms with E-state index in [-0.39, 0.29) is 12.2 Å². The Morgan fingerprint density at radius 2 is 2.12 bits per heavy atom. The number of pyridine rings is 1. The van der Waals surface area contributed by atoms with E-state index in [2.05, 4.69) is 5.32 Å². The number of amides is 1. The fraction of sp³-hybridized carbons (Fsp3) is 0.200. The summed E-state index contributed by atoms with van der Waals surface area (Å²) in [4.78, 5) is 34.0. The summed E-state index contributed by atoms with van der Waals surface area (Å²) in [6.45, 7) is 1.76. The molecule has 0 unspecified atom stereocenters. The van der Waals surface area contributed by atoms with Crippen molar-refractivity contribution < 1.29 is 14.5 Å². The minimum absolute atomic E-state index is 0.278. The van der Waals surface area contributed by atoms with E-state index in [0.29, 0.717) is 23.1 Å². The van der Waals surface area contributed by atoms with Crippen LogP contribution in [-0.2, 0) is 11.3 Å². The maximum absolute atomic E-state index is 12.1. The number of halogens is 1. The normalized spacial score (nSPS) is 10.2. The number of carbonyl (C=O) groups is 1. The number of hydrogen-bond acceptors (Lipinski definition) is 5. The van der Waals surface area contributed by atoms with Crippen molar-refractivity contribution in [2.45, 2.75) is 13.5 Å². The largest absolute Gasteiger partial charge is 0.490 e. The predicted molar refractivity (Wildman–Crippen MR) is 88.6 cm³/mol. The van der Waals surface area contributed by atoms with Crippen molar-refractivity contribution >= 4 is 28.9 Å². The highest BCUT2D eigenvalue weighted by molar-refractivity contribution is 6.32. The van der Waals surface area contributed by atoms with E-state index in [0.717, 1.165) is 22.9 Å². The summed E-state index contributed by atoms with van der Waals surface area (Å²) in [7, 11) is 0. The Morgan fingerprint density at radius 3 is 2.79 bits per heavy atom. The first-order valence-corrected chi connectivity index (χ1v) is 7.36. The molecule has 126 valence electrons. The lowest BCUT2D eigenvalue weighted by Gasteiger charge is -2.13. The number of hydrogen-bond donors (Lipinski definition) is 1. The molecule has 0 aliphatic carbocycles. The van der Waals surface area contributed by atoms with Crippen molar-refractivity contribution in [1.82, 2.24) is 4.57 Å². The van der Waals surface area contributed by atoms with Crippen LogP contribution in [0.1, 0.15) is 6.92 Å². The first-order valence-electron chi connectivity index (χ1n) is 6.98. The fourth-order valence-electron chi connectivity index (χ4n) is 1.99. The Hall–Kier alpha value is -2.87. The lowest BCUT2D eigenvalue weighted by Crippen LogP contribution is -2.27. The minimum Gasteiger partial charge on any atom is -0.490 e. The van der Waals surface area contributed by atoms with Crippen LogP contribution in [0, 0.1) is 10.1 Å². The molecule has 1 N–H and O–H groups in total. The van der Waals surface area contributed by atoms with Crippen molar-refractivity contribution in [3.63, 3.8) is 0 Å². The van der Waals surface area contributed by atoms with Gasteiger partial charge in [-0.25, -0.2) is 0 Å². The smallest absolute Gasteiger partial charge is 0.285 e.